The van der Waals surface area contributed by atoms with Crippen LogP contribution in [0.2, 0.25) is 0 Å². The number of anilines is 1. The lowest BCUT2D eigenvalue weighted by molar-refractivity contribution is -0.126. The van der Waals surface area contributed by atoms with Crippen molar-refractivity contribution in [3.05, 3.63) is 47.8 Å². The molecule has 0 saturated heterocycles. The molecular formula is C24H23F2IN4O2S. The molecule has 6 nitrogen and oxygen atoms in total. The molecule has 1 N–H and O–H groups in total. The summed E-state index contributed by atoms with van der Waals surface area (Å²) in [6.07, 6.45) is 9.01. The Labute approximate surface area is 212 Å². The molecule has 34 heavy (non-hydrogen) atoms. The Hall–Kier alpha value is -2.39. The van der Waals surface area contributed by atoms with E-state index in [0.29, 0.717) is 40.2 Å². The first-order valence-electron chi connectivity index (χ1n) is 10.9. The highest BCUT2D eigenvalue weighted by atomic mass is 127. The Morgan fingerprint density at radius 3 is 2.59 bits per heavy atom. The number of benzene rings is 1. The minimum Gasteiger partial charge on any atom is -0.471 e. The molecule has 0 amide bonds. The molecule has 1 unspecified atom stereocenters. The third-order valence-electron chi connectivity index (χ3n) is 6.66. The van der Waals surface area contributed by atoms with E-state index in [9.17, 15) is 14.0 Å². The van der Waals surface area contributed by atoms with E-state index in [0.717, 1.165) is 12.3 Å². The van der Waals surface area contributed by atoms with Crippen LogP contribution in [0.25, 0.3) is 22.2 Å². The van der Waals surface area contributed by atoms with Crippen molar-refractivity contribution in [3.63, 3.8) is 0 Å². The van der Waals surface area contributed by atoms with E-state index < -0.39 is 11.6 Å². The summed E-state index contributed by atoms with van der Waals surface area (Å²) < 4.78 is 34.5. The second-order valence-electron chi connectivity index (χ2n) is 8.55. The van der Waals surface area contributed by atoms with E-state index in [1.807, 2.05) is 10.2 Å². The predicted octanol–water partition coefficient (Wildman–Crippen LogP) is 6.48. The van der Waals surface area contributed by atoms with Crippen molar-refractivity contribution in [1.82, 2.24) is 8.96 Å². The Kier molecular flexibility index (Phi) is 7.93. The first kappa shape index (κ1) is 24.7. The Morgan fingerprint density at radius 1 is 1.26 bits per heavy atom. The van der Waals surface area contributed by atoms with Gasteiger partial charge in [-0.25, -0.2) is 13.8 Å². The van der Waals surface area contributed by atoms with Crippen LogP contribution in [-0.4, -0.2) is 28.6 Å². The minimum atomic E-state index is -0.447. The summed E-state index contributed by atoms with van der Waals surface area (Å²) in [5, 5.41) is 13.7. The van der Waals surface area contributed by atoms with Gasteiger partial charge in [-0.1, -0.05) is 12.8 Å². The molecule has 0 spiro atoms. The number of carbonyl (C=O) groups excluding carboxylic acids is 1. The van der Waals surface area contributed by atoms with Gasteiger partial charge in [-0.15, -0.1) is 0 Å². The summed E-state index contributed by atoms with van der Waals surface area (Å²) in [6, 6.07) is 6.77. The molecule has 2 heterocycles. The van der Waals surface area contributed by atoms with Gasteiger partial charge in [0, 0.05) is 59.1 Å². The molecule has 2 aromatic heterocycles. The maximum atomic E-state index is 14.9. The molecule has 1 aromatic carbocycles. The molecule has 1 atom stereocenters. The fourth-order valence-electron chi connectivity index (χ4n) is 5.07. The summed E-state index contributed by atoms with van der Waals surface area (Å²) in [4.78, 5) is 13.2. The highest BCUT2D eigenvalue weighted by Gasteiger charge is 2.35. The van der Waals surface area contributed by atoms with Crippen molar-refractivity contribution in [3.8, 4) is 17.2 Å². The van der Waals surface area contributed by atoms with Crippen LogP contribution in [0, 0.1) is 34.8 Å². The van der Waals surface area contributed by atoms with E-state index in [1.54, 1.807) is 6.07 Å². The number of pyridine rings is 1. The topological polar surface area (TPSA) is 79.9 Å². The van der Waals surface area contributed by atoms with E-state index in [4.69, 9.17) is 4.79 Å². The zero-order valence-corrected chi connectivity index (χ0v) is 21.4. The summed E-state index contributed by atoms with van der Waals surface area (Å²) >= 11 is 2.13. The number of hydrogen-bond donors (Lipinski definition) is 1. The highest BCUT2D eigenvalue weighted by molar-refractivity contribution is 14.2. The van der Waals surface area contributed by atoms with Crippen molar-refractivity contribution < 1.29 is 18.3 Å². The lowest BCUT2D eigenvalue weighted by atomic mass is 9.68. The van der Waals surface area contributed by atoms with E-state index >= 15 is 0 Å². The van der Waals surface area contributed by atoms with Crippen LogP contribution in [0.1, 0.15) is 37.7 Å². The monoisotopic (exact) mass is 596 g/mol. The maximum Gasteiger partial charge on any atom is 0.292 e. The van der Waals surface area contributed by atoms with Gasteiger partial charge in [0.15, 0.2) is 5.65 Å². The predicted molar refractivity (Wildman–Crippen MR) is 137 cm³/mol. The summed E-state index contributed by atoms with van der Waals surface area (Å²) in [6.45, 7) is 0.375. The Bertz CT molecular complexity index is 1240. The maximum absolute atomic E-state index is 14.9. The van der Waals surface area contributed by atoms with Crippen molar-refractivity contribution in [2.75, 3.05) is 12.4 Å². The molecular weight excluding hydrogens is 573 g/mol. The van der Waals surface area contributed by atoms with Crippen LogP contribution in [0.5, 0.6) is 0 Å². The number of nitrogens with zero attached hydrogens (tertiary/aromatic N) is 3. The van der Waals surface area contributed by atoms with Gasteiger partial charge in [0.05, 0.1) is 30.6 Å². The number of rotatable bonds is 5. The van der Waals surface area contributed by atoms with Gasteiger partial charge in [0.2, 0.25) is 0 Å². The molecule has 0 radical (unpaired) electrons. The molecule has 3 aliphatic carbocycles. The fourth-order valence-corrected chi connectivity index (χ4v) is 6.33. The van der Waals surface area contributed by atoms with E-state index in [2.05, 4.69) is 42.3 Å². The molecule has 3 aromatic rings. The highest BCUT2D eigenvalue weighted by Crippen LogP contribution is 2.43. The van der Waals surface area contributed by atoms with E-state index in [-0.39, 0.29) is 11.6 Å². The number of nitriles is 1. The van der Waals surface area contributed by atoms with Crippen LogP contribution in [0.15, 0.2) is 30.6 Å². The van der Waals surface area contributed by atoms with Gasteiger partial charge < -0.3 is 10.1 Å². The number of ether oxygens (including phenoxy) is 1. The van der Waals surface area contributed by atoms with Crippen LogP contribution in [-0.2, 0) is 9.53 Å². The van der Waals surface area contributed by atoms with E-state index in [1.165, 1.54) is 60.2 Å². The number of halogens is 3. The molecule has 0 aliphatic heterocycles. The lowest BCUT2D eigenvalue weighted by Crippen LogP contribution is -2.40. The molecule has 3 fully saturated rings. The number of hydrogen-bond acceptors (Lipinski definition) is 6. The second kappa shape index (κ2) is 10.9. The summed E-state index contributed by atoms with van der Waals surface area (Å²) in [5.41, 5.74) is 2.51. The number of aromatic nitrogens is 2. The van der Waals surface area contributed by atoms with Gasteiger partial charge in [-0.3, -0.25) is 8.77 Å². The quantitative estimate of drug-likeness (QED) is 0.269. The summed E-state index contributed by atoms with van der Waals surface area (Å²) in [5.74, 6) is 0.426. The molecule has 6 rings (SSSR count). The SMILES string of the molecule is COC=O.N#Cc1cc(F)c(NC2CC3CCC2CC3)cc1-c1cn(SI)c2ncc(F)cc12. The Balaban J connectivity index is 0.000000636. The fraction of sp³-hybridized carbons (Fsp3) is 0.375. The second-order valence-corrected chi connectivity index (χ2v) is 10.3. The molecule has 3 aliphatic rings. The van der Waals surface area contributed by atoms with Crippen molar-refractivity contribution in [1.29, 1.82) is 5.26 Å². The zero-order chi connectivity index (χ0) is 24.2. The molecule has 178 valence electrons. The first-order chi connectivity index (χ1) is 16.5. The molecule has 3 saturated carbocycles. The smallest absolute Gasteiger partial charge is 0.292 e. The van der Waals surface area contributed by atoms with Crippen LogP contribution < -0.4 is 5.32 Å². The largest absolute Gasteiger partial charge is 0.471 e. The first-order valence-corrected chi connectivity index (χ1v) is 14.2. The zero-order valence-electron chi connectivity index (χ0n) is 18.4. The standard InChI is InChI=1S/C22H19F2IN4S.C2H4O2/c23-15-7-17-18(11-29(30-25)22(17)27-10-15)16-8-21(19(24)6-14(16)9-26)28-20-5-12-1-3-13(20)4-2-12;1-4-2-3/h6-8,10-13,20,28H,1-5H2;2H,1H3. The van der Waals surface area contributed by atoms with Gasteiger partial charge in [0.1, 0.15) is 11.6 Å². The molecule has 10 heteroatoms. The number of carbonyl (C=O) groups is 1. The van der Waals surface area contributed by atoms with Crippen LogP contribution in [0.3, 0.4) is 0 Å². The van der Waals surface area contributed by atoms with Crippen molar-refractivity contribution in [2.45, 2.75) is 38.1 Å². The van der Waals surface area contributed by atoms with Crippen LogP contribution in [0.4, 0.5) is 14.5 Å². The van der Waals surface area contributed by atoms with Crippen molar-refractivity contribution in [2.24, 2.45) is 11.8 Å². The third kappa shape index (κ3) is 5.00. The number of methoxy groups -OCH3 is 1. The van der Waals surface area contributed by atoms with Gasteiger partial charge >= 0.3 is 0 Å². The summed E-state index contributed by atoms with van der Waals surface area (Å²) in [7, 11) is 2.72. The van der Waals surface area contributed by atoms with Gasteiger partial charge in [0.25, 0.3) is 6.47 Å². The lowest BCUT2D eigenvalue weighted by Gasteiger charge is -2.43. The van der Waals surface area contributed by atoms with Gasteiger partial charge in [-0.2, -0.15) is 5.26 Å². The number of nitrogens with one attached hydrogen (secondary N) is 1. The average molecular weight is 596 g/mol. The van der Waals surface area contributed by atoms with Crippen LogP contribution >= 0.6 is 30.3 Å². The third-order valence-corrected chi connectivity index (χ3v) is 8.36. The Morgan fingerprint density at radius 2 is 2.00 bits per heavy atom. The molecule has 2 bridgehead atoms. The normalized spacial score (nSPS) is 20.9. The average Bonchev–Trinajstić information content (AvgIpc) is 3.23. The minimum absolute atomic E-state index is 0.227. The number of fused-ring (bicyclic) bond motifs is 4. The van der Waals surface area contributed by atoms with Gasteiger partial charge in [-0.05, 0) is 49.3 Å². The van der Waals surface area contributed by atoms with Crippen molar-refractivity contribution >= 4 is 53.5 Å².